The third-order valence-electron chi connectivity index (χ3n) is 2.91. The maximum atomic E-state index is 11.9. The number of aryl methyl sites for hydroxylation is 1. The number of hydrogen-bond acceptors (Lipinski definition) is 4. The van der Waals surface area contributed by atoms with Crippen LogP contribution in [-0.4, -0.2) is 25.4 Å². The molecule has 0 fully saturated rings. The minimum absolute atomic E-state index is 0.159. The number of Topliss-reactive ketones (excluding diaryl/α,β-unsaturated/α-hetero) is 1. The summed E-state index contributed by atoms with van der Waals surface area (Å²) in [5, 5.41) is 9.45. The molecule has 0 saturated heterocycles. The zero-order valence-corrected chi connectivity index (χ0v) is 12.3. The van der Waals surface area contributed by atoms with Gasteiger partial charge in [0.15, 0.2) is 0 Å². The monoisotopic (exact) mass is 303 g/mol. The van der Waals surface area contributed by atoms with E-state index in [1.54, 1.807) is 31.2 Å². The molecule has 2 rings (SSSR count). The molecule has 7 heteroatoms. The van der Waals surface area contributed by atoms with Gasteiger partial charge in [0.05, 0.1) is 23.2 Å². The van der Waals surface area contributed by atoms with Gasteiger partial charge in [0.2, 0.25) is 15.8 Å². The minimum atomic E-state index is -3.38. The quantitative estimate of drug-likeness (QED) is 0.513. The van der Waals surface area contributed by atoms with Gasteiger partial charge in [-0.3, -0.25) is 9.52 Å². The summed E-state index contributed by atoms with van der Waals surface area (Å²) in [4.78, 5) is 14.7. The third kappa shape index (κ3) is 3.12. The van der Waals surface area contributed by atoms with E-state index in [1.807, 2.05) is 0 Å². The fourth-order valence-corrected chi connectivity index (χ4v) is 2.56. The highest BCUT2D eigenvalue weighted by molar-refractivity contribution is 7.92. The van der Waals surface area contributed by atoms with Crippen LogP contribution in [-0.2, 0) is 10.0 Å². The molecule has 0 aliphatic carbocycles. The molecule has 0 radical (unpaired) electrons. The first-order chi connectivity index (χ1) is 9.71. The van der Waals surface area contributed by atoms with E-state index in [0.29, 0.717) is 11.2 Å². The van der Waals surface area contributed by atoms with Crippen LogP contribution < -0.4 is 4.72 Å². The Bertz CT molecular complexity index is 901. The number of H-pyrrole nitrogens is 1. The lowest BCUT2D eigenvalue weighted by molar-refractivity contribution is 0.103. The van der Waals surface area contributed by atoms with Crippen molar-refractivity contribution in [1.82, 2.24) is 4.98 Å². The molecule has 0 bridgehead atoms. The van der Waals surface area contributed by atoms with E-state index in [0.717, 1.165) is 17.2 Å². The van der Waals surface area contributed by atoms with E-state index in [9.17, 15) is 13.2 Å². The van der Waals surface area contributed by atoms with Gasteiger partial charge >= 0.3 is 0 Å². The number of aromatic amines is 1. The lowest BCUT2D eigenvalue weighted by Gasteiger charge is -2.07. The minimum Gasteiger partial charge on any atom is -0.352 e. The number of aromatic nitrogens is 1. The first-order valence-electron chi connectivity index (χ1n) is 5.96. The van der Waals surface area contributed by atoms with Gasteiger partial charge < -0.3 is 4.98 Å². The summed E-state index contributed by atoms with van der Waals surface area (Å²) in [5.74, 6) is -0.482. The van der Waals surface area contributed by atoms with Gasteiger partial charge in [-0.1, -0.05) is 6.58 Å². The number of anilines is 1. The molecule has 0 saturated carbocycles. The van der Waals surface area contributed by atoms with Crippen LogP contribution in [0.5, 0.6) is 0 Å². The molecule has 0 atom stereocenters. The number of hydrogen-bond donors (Lipinski definition) is 2. The maximum absolute atomic E-state index is 11.9. The second-order valence-electron chi connectivity index (χ2n) is 4.73. The normalized spacial score (nSPS) is 11.1. The zero-order valence-electron chi connectivity index (χ0n) is 11.5. The molecule has 2 aromatic rings. The number of nitrogens with one attached hydrogen (secondary N) is 2. The SMILES string of the molecule is C=C(C#N)C(=O)c1cc2cc(C)c(NS(C)(=O)=O)cc2[nH]1. The van der Waals surface area contributed by atoms with E-state index >= 15 is 0 Å². The first kappa shape index (κ1) is 14.8. The second-order valence-corrected chi connectivity index (χ2v) is 6.48. The number of ketones is 1. The fourth-order valence-electron chi connectivity index (χ4n) is 1.94. The van der Waals surface area contributed by atoms with E-state index < -0.39 is 15.8 Å². The Morgan fingerprint density at radius 3 is 2.62 bits per heavy atom. The van der Waals surface area contributed by atoms with Crippen molar-refractivity contribution in [1.29, 1.82) is 5.26 Å². The summed E-state index contributed by atoms with van der Waals surface area (Å²) in [5.41, 5.74) is 1.84. The van der Waals surface area contributed by atoms with Gasteiger partial charge in [-0.25, -0.2) is 8.42 Å². The number of nitriles is 1. The molecule has 1 aromatic heterocycles. The summed E-state index contributed by atoms with van der Waals surface area (Å²) in [6, 6.07) is 6.68. The van der Waals surface area contributed by atoms with Crippen molar-refractivity contribution in [3.63, 3.8) is 0 Å². The zero-order chi connectivity index (χ0) is 15.8. The molecule has 0 amide bonds. The Hall–Kier alpha value is -2.59. The van der Waals surface area contributed by atoms with Gasteiger partial charge in [-0.15, -0.1) is 0 Å². The Kier molecular flexibility index (Phi) is 3.58. The molecule has 0 aliphatic heterocycles. The Balaban J connectivity index is 2.52. The van der Waals surface area contributed by atoms with E-state index in [1.165, 1.54) is 0 Å². The molecule has 0 unspecified atom stereocenters. The van der Waals surface area contributed by atoms with Crippen LogP contribution in [0.1, 0.15) is 16.1 Å². The Labute approximate surface area is 122 Å². The van der Waals surface area contributed by atoms with Gasteiger partial charge in [0.1, 0.15) is 6.07 Å². The molecule has 108 valence electrons. The average molecular weight is 303 g/mol. The predicted octanol–water partition coefficient (Wildman–Crippen LogP) is 2.11. The Morgan fingerprint density at radius 1 is 1.38 bits per heavy atom. The van der Waals surface area contributed by atoms with Crippen molar-refractivity contribution >= 4 is 32.4 Å². The average Bonchev–Trinajstić information content (AvgIpc) is 2.78. The lowest BCUT2D eigenvalue weighted by Crippen LogP contribution is -2.10. The standard InChI is InChI=1S/C14H13N3O3S/c1-8-4-10-5-13(14(18)9(2)7-15)16-12(10)6-11(8)17-21(3,19)20/h4-6,16-17H,2H2,1,3H3. The number of fused-ring (bicyclic) bond motifs is 1. The van der Waals surface area contributed by atoms with Crippen LogP contribution >= 0.6 is 0 Å². The fraction of sp³-hybridized carbons (Fsp3) is 0.143. The second kappa shape index (κ2) is 5.07. The van der Waals surface area contributed by atoms with Gasteiger partial charge in [-0.05, 0) is 30.7 Å². The van der Waals surface area contributed by atoms with Crippen LogP contribution in [0.3, 0.4) is 0 Å². The lowest BCUT2D eigenvalue weighted by atomic mass is 10.1. The van der Waals surface area contributed by atoms with Crippen molar-refractivity contribution in [2.75, 3.05) is 11.0 Å². The van der Waals surface area contributed by atoms with Crippen molar-refractivity contribution in [2.24, 2.45) is 0 Å². The van der Waals surface area contributed by atoms with Crippen molar-refractivity contribution in [2.45, 2.75) is 6.92 Å². The largest absolute Gasteiger partial charge is 0.352 e. The summed E-state index contributed by atoms with van der Waals surface area (Å²) >= 11 is 0. The third-order valence-corrected chi connectivity index (χ3v) is 3.51. The molecular formula is C14H13N3O3S. The molecular weight excluding hydrogens is 290 g/mol. The van der Waals surface area contributed by atoms with Crippen LogP contribution in [0.15, 0.2) is 30.4 Å². The number of rotatable bonds is 4. The van der Waals surface area contributed by atoms with Crippen molar-refractivity contribution in [3.8, 4) is 6.07 Å². The number of sulfonamides is 1. The topological polar surface area (TPSA) is 103 Å². The highest BCUT2D eigenvalue weighted by atomic mass is 32.2. The number of carbonyl (C=O) groups is 1. The van der Waals surface area contributed by atoms with Crippen molar-refractivity contribution in [3.05, 3.63) is 41.6 Å². The van der Waals surface area contributed by atoms with Crippen LogP contribution in [0, 0.1) is 18.3 Å². The van der Waals surface area contributed by atoms with Crippen LogP contribution in [0.25, 0.3) is 10.9 Å². The van der Waals surface area contributed by atoms with Gasteiger partial charge in [0.25, 0.3) is 0 Å². The number of allylic oxidation sites excluding steroid dienone is 1. The maximum Gasteiger partial charge on any atom is 0.229 e. The van der Waals surface area contributed by atoms with E-state index in [-0.39, 0.29) is 11.3 Å². The molecule has 1 heterocycles. The number of nitrogens with zero attached hydrogens (tertiary/aromatic N) is 1. The molecule has 1 aromatic carbocycles. The molecule has 0 spiro atoms. The number of carbonyl (C=O) groups excluding carboxylic acids is 1. The molecule has 6 nitrogen and oxygen atoms in total. The summed E-state index contributed by atoms with van der Waals surface area (Å²) < 4.78 is 25.0. The smallest absolute Gasteiger partial charge is 0.229 e. The van der Waals surface area contributed by atoms with E-state index in [4.69, 9.17) is 5.26 Å². The molecule has 0 aliphatic rings. The van der Waals surface area contributed by atoms with Crippen molar-refractivity contribution < 1.29 is 13.2 Å². The highest BCUT2D eigenvalue weighted by Crippen LogP contribution is 2.25. The predicted molar refractivity (Wildman–Crippen MR) is 80.6 cm³/mol. The van der Waals surface area contributed by atoms with Crippen LogP contribution in [0.2, 0.25) is 0 Å². The number of benzene rings is 1. The first-order valence-corrected chi connectivity index (χ1v) is 7.85. The summed E-state index contributed by atoms with van der Waals surface area (Å²) in [7, 11) is -3.38. The summed E-state index contributed by atoms with van der Waals surface area (Å²) in [6.45, 7) is 5.14. The highest BCUT2D eigenvalue weighted by Gasteiger charge is 2.14. The van der Waals surface area contributed by atoms with Gasteiger partial charge in [-0.2, -0.15) is 5.26 Å². The van der Waals surface area contributed by atoms with Gasteiger partial charge in [0, 0.05) is 10.9 Å². The van der Waals surface area contributed by atoms with E-state index in [2.05, 4.69) is 16.3 Å². The summed E-state index contributed by atoms with van der Waals surface area (Å²) in [6.07, 6.45) is 1.07. The molecule has 2 N–H and O–H groups in total. The van der Waals surface area contributed by atoms with Crippen LogP contribution in [0.4, 0.5) is 5.69 Å². The Morgan fingerprint density at radius 2 is 2.05 bits per heavy atom. The molecule has 21 heavy (non-hydrogen) atoms.